The lowest BCUT2D eigenvalue weighted by Crippen LogP contribution is -2.37. The van der Waals surface area contributed by atoms with E-state index >= 15 is 0 Å². The van der Waals surface area contributed by atoms with Crippen molar-refractivity contribution in [3.8, 4) is 0 Å². The maximum absolute atomic E-state index is 12.3. The second kappa shape index (κ2) is 8.25. The van der Waals surface area contributed by atoms with Gasteiger partial charge in [0.25, 0.3) is 5.91 Å². The van der Waals surface area contributed by atoms with Crippen molar-refractivity contribution in [1.82, 2.24) is 10.6 Å². The van der Waals surface area contributed by atoms with Gasteiger partial charge in [0.15, 0.2) is 0 Å². The van der Waals surface area contributed by atoms with E-state index in [4.69, 9.17) is 0 Å². The minimum Gasteiger partial charge on any atom is -0.348 e. The molecule has 6 heteroatoms. The standard InChI is InChI=1S/C22H28N2O3S/c25-22(23-15-16-4-2-1-3-5-16)18-8-6-17(7-9-18)20-14-21(20)24-19-10-12-28(26,27)13-11-19/h1-9,19-21,24,26-27H,10-15H2,(H,23,25). The molecule has 1 aliphatic heterocycles. The Bertz CT molecular complexity index is 800. The van der Waals surface area contributed by atoms with E-state index in [0.29, 0.717) is 41.6 Å². The molecule has 2 aromatic carbocycles. The summed E-state index contributed by atoms with van der Waals surface area (Å²) in [7, 11) is -2.31. The van der Waals surface area contributed by atoms with Gasteiger partial charge in [-0.2, -0.15) is 10.6 Å². The van der Waals surface area contributed by atoms with E-state index in [2.05, 4.69) is 22.8 Å². The summed E-state index contributed by atoms with van der Waals surface area (Å²) in [6.07, 6.45) is 2.78. The Morgan fingerprint density at radius 3 is 2.36 bits per heavy atom. The van der Waals surface area contributed by atoms with Crippen molar-refractivity contribution in [3.63, 3.8) is 0 Å². The van der Waals surface area contributed by atoms with Crippen molar-refractivity contribution >= 4 is 16.5 Å². The van der Waals surface area contributed by atoms with Crippen LogP contribution in [-0.2, 0) is 6.54 Å². The van der Waals surface area contributed by atoms with E-state index in [9.17, 15) is 13.9 Å². The highest BCUT2D eigenvalue weighted by molar-refractivity contribution is 8.24. The molecule has 4 N–H and O–H groups in total. The van der Waals surface area contributed by atoms with Gasteiger partial charge in [-0.15, -0.1) is 0 Å². The zero-order chi connectivity index (χ0) is 19.6. The first kappa shape index (κ1) is 19.5. The molecular weight excluding hydrogens is 372 g/mol. The minimum atomic E-state index is -2.31. The molecule has 1 amide bonds. The number of nitrogens with one attached hydrogen (secondary N) is 2. The molecule has 2 atom stereocenters. The number of benzene rings is 2. The zero-order valence-electron chi connectivity index (χ0n) is 15.9. The van der Waals surface area contributed by atoms with E-state index in [-0.39, 0.29) is 5.91 Å². The molecule has 0 bridgehead atoms. The van der Waals surface area contributed by atoms with E-state index in [0.717, 1.165) is 24.8 Å². The molecule has 150 valence electrons. The molecule has 5 nitrogen and oxygen atoms in total. The normalized spacial score (nSPS) is 25.1. The quantitative estimate of drug-likeness (QED) is 0.591. The van der Waals surface area contributed by atoms with Crippen LogP contribution in [0.1, 0.15) is 46.7 Å². The van der Waals surface area contributed by atoms with Crippen molar-refractivity contribution in [2.24, 2.45) is 0 Å². The van der Waals surface area contributed by atoms with Gasteiger partial charge in [-0.25, -0.2) is 0 Å². The number of carbonyl (C=O) groups excluding carboxylic acids is 1. The summed E-state index contributed by atoms with van der Waals surface area (Å²) >= 11 is 0. The van der Waals surface area contributed by atoms with Crippen LogP contribution in [0.15, 0.2) is 54.6 Å². The Balaban J connectivity index is 1.25. The predicted molar refractivity (Wildman–Crippen MR) is 114 cm³/mol. The third kappa shape index (κ3) is 4.94. The molecule has 1 heterocycles. The van der Waals surface area contributed by atoms with E-state index in [1.54, 1.807) is 0 Å². The van der Waals surface area contributed by atoms with Crippen molar-refractivity contribution in [1.29, 1.82) is 0 Å². The van der Waals surface area contributed by atoms with Crippen LogP contribution in [0.2, 0.25) is 0 Å². The highest BCUT2D eigenvalue weighted by Gasteiger charge is 2.40. The van der Waals surface area contributed by atoms with Gasteiger partial charge in [-0.3, -0.25) is 13.9 Å². The summed E-state index contributed by atoms with van der Waals surface area (Å²) in [5, 5.41) is 6.63. The van der Waals surface area contributed by atoms with E-state index < -0.39 is 10.6 Å². The molecule has 1 aliphatic carbocycles. The summed E-state index contributed by atoms with van der Waals surface area (Å²) in [5.41, 5.74) is 3.03. The highest BCUT2D eigenvalue weighted by atomic mass is 32.3. The van der Waals surface area contributed by atoms with Crippen LogP contribution in [0.25, 0.3) is 0 Å². The lowest BCUT2D eigenvalue weighted by molar-refractivity contribution is 0.0951. The largest absolute Gasteiger partial charge is 0.348 e. The minimum absolute atomic E-state index is 0.0536. The fourth-order valence-electron chi connectivity index (χ4n) is 3.89. The average Bonchev–Trinajstić information content (AvgIpc) is 3.48. The Labute approximate surface area is 167 Å². The maximum Gasteiger partial charge on any atom is 0.251 e. The molecule has 4 rings (SSSR count). The molecule has 0 aromatic heterocycles. The first-order chi connectivity index (χ1) is 13.5. The molecule has 0 spiro atoms. The van der Waals surface area contributed by atoms with Crippen LogP contribution in [0.5, 0.6) is 0 Å². The molecular formula is C22H28N2O3S. The lowest BCUT2D eigenvalue weighted by Gasteiger charge is -2.39. The molecule has 1 saturated carbocycles. The molecule has 2 unspecified atom stereocenters. The van der Waals surface area contributed by atoms with Crippen LogP contribution in [0.3, 0.4) is 0 Å². The van der Waals surface area contributed by atoms with Gasteiger partial charge in [0, 0.05) is 41.6 Å². The van der Waals surface area contributed by atoms with Gasteiger partial charge in [0.1, 0.15) is 0 Å². The van der Waals surface area contributed by atoms with Gasteiger partial charge >= 0.3 is 0 Å². The molecule has 2 aliphatic rings. The maximum atomic E-state index is 12.3. The number of amides is 1. The van der Waals surface area contributed by atoms with E-state index in [1.165, 1.54) is 5.56 Å². The summed E-state index contributed by atoms with van der Waals surface area (Å²) < 4.78 is 19.4. The Hall–Kier alpha value is -1.86. The van der Waals surface area contributed by atoms with Crippen LogP contribution in [-0.4, -0.2) is 38.6 Å². The number of hydrogen-bond acceptors (Lipinski definition) is 4. The molecule has 0 radical (unpaired) electrons. The predicted octanol–water partition coefficient (Wildman–Crippen LogP) is 3.98. The van der Waals surface area contributed by atoms with Gasteiger partial charge in [0.2, 0.25) is 0 Å². The summed E-state index contributed by atoms with van der Waals surface area (Å²) in [5.74, 6) is 1.48. The van der Waals surface area contributed by atoms with Crippen molar-refractivity contribution < 1.29 is 13.9 Å². The number of carbonyl (C=O) groups is 1. The lowest BCUT2D eigenvalue weighted by atomic mass is 10.1. The zero-order valence-corrected chi connectivity index (χ0v) is 16.7. The summed E-state index contributed by atoms with van der Waals surface area (Å²) in [4.78, 5) is 12.3. The molecule has 28 heavy (non-hydrogen) atoms. The molecule has 1 saturated heterocycles. The Kier molecular flexibility index (Phi) is 5.73. The number of hydrogen-bond donors (Lipinski definition) is 4. The summed E-state index contributed by atoms with van der Waals surface area (Å²) in [6.45, 7) is 0.530. The van der Waals surface area contributed by atoms with Crippen LogP contribution < -0.4 is 10.6 Å². The van der Waals surface area contributed by atoms with Gasteiger partial charge in [-0.1, -0.05) is 42.5 Å². The van der Waals surface area contributed by atoms with E-state index in [1.807, 2.05) is 42.5 Å². The number of rotatable bonds is 6. The fraction of sp³-hybridized carbons (Fsp3) is 0.409. The van der Waals surface area contributed by atoms with Crippen molar-refractivity contribution in [2.45, 2.75) is 43.8 Å². The Morgan fingerprint density at radius 2 is 1.68 bits per heavy atom. The second-order valence-electron chi connectivity index (χ2n) is 7.89. The summed E-state index contributed by atoms with van der Waals surface area (Å²) in [6, 6.07) is 18.7. The van der Waals surface area contributed by atoms with Gasteiger partial charge in [0.05, 0.1) is 0 Å². The smallest absolute Gasteiger partial charge is 0.251 e. The second-order valence-corrected chi connectivity index (χ2v) is 10.3. The van der Waals surface area contributed by atoms with Crippen LogP contribution in [0.4, 0.5) is 0 Å². The first-order valence-corrected chi connectivity index (χ1v) is 11.8. The third-order valence-corrected chi connectivity index (χ3v) is 7.50. The van der Waals surface area contributed by atoms with Gasteiger partial charge < -0.3 is 10.6 Å². The molecule has 2 aromatic rings. The monoisotopic (exact) mass is 400 g/mol. The topological polar surface area (TPSA) is 81.6 Å². The van der Waals surface area contributed by atoms with Crippen molar-refractivity contribution in [2.75, 3.05) is 11.5 Å². The van der Waals surface area contributed by atoms with Crippen LogP contribution >= 0.6 is 10.6 Å². The van der Waals surface area contributed by atoms with Gasteiger partial charge in [-0.05, 0) is 42.5 Å². The third-order valence-electron chi connectivity index (χ3n) is 5.72. The Morgan fingerprint density at radius 1 is 1.00 bits per heavy atom. The SMILES string of the molecule is O=C(NCc1ccccc1)c1ccc(C2CC2NC2CCS(O)(O)CC2)cc1. The molecule has 2 fully saturated rings. The first-order valence-electron chi connectivity index (χ1n) is 9.92. The fourth-order valence-corrected chi connectivity index (χ4v) is 5.42. The van der Waals surface area contributed by atoms with Crippen LogP contribution in [0, 0.1) is 0 Å². The average molecular weight is 401 g/mol. The highest BCUT2D eigenvalue weighted by Crippen LogP contribution is 2.46. The van der Waals surface area contributed by atoms with Crippen molar-refractivity contribution in [3.05, 3.63) is 71.3 Å².